The summed E-state index contributed by atoms with van der Waals surface area (Å²) in [6.07, 6.45) is 0.0210. The van der Waals surface area contributed by atoms with Crippen molar-refractivity contribution in [2.45, 2.75) is 38.6 Å². The first kappa shape index (κ1) is 21.2. The largest absolute Gasteiger partial charge is 0.481 e. The van der Waals surface area contributed by atoms with Gasteiger partial charge in [-0.3, -0.25) is 14.4 Å². The Balaban J connectivity index is 2.10. The van der Waals surface area contributed by atoms with Crippen molar-refractivity contribution in [3.8, 4) is 0 Å². The van der Waals surface area contributed by atoms with Crippen LogP contribution in [-0.2, 0) is 19.8 Å². The van der Waals surface area contributed by atoms with E-state index in [0.717, 1.165) is 11.1 Å². The molecule has 6 heteroatoms. The first-order valence-corrected chi connectivity index (χ1v) is 9.11. The van der Waals surface area contributed by atoms with E-state index in [9.17, 15) is 19.5 Å². The van der Waals surface area contributed by atoms with Crippen LogP contribution in [-0.4, -0.2) is 29.4 Å². The standard InChI is InChI=1S/C22H26N2O4/c1-15-9-11-17(12-10-15)19(24-16(2)25)13-20(26)23-14-22(3,21(27)28)18-7-5-4-6-8-18/h4-12,19H,13-14H2,1-3H3,(H,23,26)(H,24,25)(H,27,28). The molecule has 3 N–H and O–H groups in total. The number of benzene rings is 2. The predicted octanol–water partition coefficient (Wildman–Crippen LogP) is 2.72. The number of amides is 2. The van der Waals surface area contributed by atoms with Crippen LogP contribution in [0.15, 0.2) is 54.6 Å². The lowest BCUT2D eigenvalue weighted by molar-refractivity contribution is -0.143. The number of rotatable bonds is 8. The van der Waals surface area contributed by atoms with E-state index in [1.165, 1.54) is 6.92 Å². The van der Waals surface area contributed by atoms with Gasteiger partial charge in [-0.1, -0.05) is 60.2 Å². The van der Waals surface area contributed by atoms with Crippen molar-refractivity contribution in [3.63, 3.8) is 0 Å². The minimum Gasteiger partial charge on any atom is -0.481 e. The number of carbonyl (C=O) groups is 3. The summed E-state index contributed by atoms with van der Waals surface area (Å²) < 4.78 is 0. The maximum atomic E-state index is 12.5. The highest BCUT2D eigenvalue weighted by atomic mass is 16.4. The van der Waals surface area contributed by atoms with Gasteiger partial charge in [0.1, 0.15) is 5.41 Å². The van der Waals surface area contributed by atoms with E-state index in [1.807, 2.05) is 37.3 Å². The molecule has 0 aromatic heterocycles. The average Bonchev–Trinajstić information content (AvgIpc) is 2.66. The van der Waals surface area contributed by atoms with E-state index in [1.54, 1.807) is 31.2 Å². The van der Waals surface area contributed by atoms with Crippen LogP contribution >= 0.6 is 0 Å². The lowest BCUT2D eigenvalue weighted by Crippen LogP contribution is -2.45. The molecular formula is C22H26N2O4. The molecule has 0 aliphatic rings. The smallest absolute Gasteiger partial charge is 0.315 e. The number of nitrogens with one attached hydrogen (secondary N) is 2. The molecule has 2 atom stereocenters. The molecule has 28 heavy (non-hydrogen) atoms. The molecule has 0 aliphatic carbocycles. The molecule has 2 amide bonds. The molecule has 0 heterocycles. The van der Waals surface area contributed by atoms with Gasteiger partial charge < -0.3 is 15.7 Å². The zero-order valence-electron chi connectivity index (χ0n) is 16.4. The molecular weight excluding hydrogens is 356 g/mol. The van der Waals surface area contributed by atoms with Crippen LogP contribution in [0.3, 0.4) is 0 Å². The van der Waals surface area contributed by atoms with Gasteiger partial charge in [-0.15, -0.1) is 0 Å². The van der Waals surface area contributed by atoms with E-state index in [-0.39, 0.29) is 24.8 Å². The Labute approximate surface area is 165 Å². The van der Waals surface area contributed by atoms with Crippen LogP contribution < -0.4 is 10.6 Å². The van der Waals surface area contributed by atoms with Gasteiger partial charge in [0.15, 0.2) is 0 Å². The fourth-order valence-corrected chi connectivity index (χ4v) is 2.94. The van der Waals surface area contributed by atoms with Gasteiger partial charge in [0, 0.05) is 13.5 Å². The number of hydrogen-bond acceptors (Lipinski definition) is 3. The number of hydrogen-bond donors (Lipinski definition) is 3. The Kier molecular flexibility index (Phi) is 6.93. The Morgan fingerprint density at radius 2 is 1.64 bits per heavy atom. The zero-order valence-corrected chi connectivity index (χ0v) is 16.4. The van der Waals surface area contributed by atoms with Crippen LogP contribution in [0.5, 0.6) is 0 Å². The molecule has 2 rings (SSSR count). The molecule has 0 saturated carbocycles. The minimum atomic E-state index is -1.25. The lowest BCUT2D eigenvalue weighted by atomic mass is 9.82. The molecule has 0 saturated heterocycles. The molecule has 0 aliphatic heterocycles. The number of aryl methyl sites for hydroxylation is 1. The zero-order chi connectivity index (χ0) is 20.7. The van der Waals surface area contributed by atoms with Gasteiger partial charge in [-0.25, -0.2) is 0 Å². The van der Waals surface area contributed by atoms with Gasteiger partial charge in [-0.2, -0.15) is 0 Å². The highest BCUT2D eigenvalue weighted by Gasteiger charge is 2.35. The average molecular weight is 382 g/mol. The summed E-state index contributed by atoms with van der Waals surface area (Å²) in [5.74, 6) is -1.59. The van der Waals surface area contributed by atoms with Gasteiger partial charge in [0.25, 0.3) is 0 Å². The molecule has 148 valence electrons. The summed E-state index contributed by atoms with van der Waals surface area (Å²) in [5.41, 5.74) is 1.26. The van der Waals surface area contributed by atoms with E-state index in [2.05, 4.69) is 10.6 Å². The molecule has 2 aromatic rings. The normalized spacial score (nSPS) is 13.8. The van der Waals surface area contributed by atoms with E-state index >= 15 is 0 Å². The third-order valence-electron chi connectivity index (χ3n) is 4.77. The van der Waals surface area contributed by atoms with E-state index in [4.69, 9.17) is 0 Å². The highest BCUT2D eigenvalue weighted by Crippen LogP contribution is 2.24. The highest BCUT2D eigenvalue weighted by molar-refractivity contribution is 5.83. The first-order valence-electron chi connectivity index (χ1n) is 9.11. The maximum absolute atomic E-state index is 12.5. The fourth-order valence-electron chi connectivity index (χ4n) is 2.94. The summed E-state index contributed by atoms with van der Waals surface area (Å²) in [4.78, 5) is 35.9. The SMILES string of the molecule is CC(=O)NC(CC(=O)NCC(C)(C(=O)O)c1ccccc1)c1ccc(C)cc1. The molecule has 2 aromatic carbocycles. The molecule has 0 spiro atoms. The predicted molar refractivity (Wildman–Crippen MR) is 107 cm³/mol. The van der Waals surface area contributed by atoms with Gasteiger partial charge in [0.2, 0.25) is 11.8 Å². The van der Waals surface area contributed by atoms with Crippen LogP contribution in [0, 0.1) is 6.92 Å². The topological polar surface area (TPSA) is 95.5 Å². The monoisotopic (exact) mass is 382 g/mol. The number of aliphatic carboxylic acids is 1. The van der Waals surface area contributed by atoms with Crippen LogP contribution in [0.25, 0.3) is 0 Å². The third-order valence-corrected chi connectivity index (χ3v) is 4.77. The van der Waals surface area contributed by atoms with Crippen molar-refractivity contribution in [1.29, 1.82) is 0 Å². The van der Waals surface area contributed by atoms with E-state index in [0.29, 0.717) is 5.56 Å². The van der Waals surface area contributed by atoms with Crippen molar-refractivity contribution in [1.82, 2.24) is 10.6 Å². The molecule has 2 unspecified atom stereocenters. The second kappa shape index (κ2) is 9.17. The van der Waals surface area contributed by atoms with Gasteiger partial charge in [0.05, 0.1) is 12.5 Å². The van der Waals surface area contributed by atoms with Crippen molar-refractivity contribution >= 4 is 17.8 Å². The van der Waals surface area contributed by atoms with Crippen molar-refractivity contribution < 1.29 is 19.5 Å². The van der Waals surface area contributed by atoms with Crippen LogP contribution in [0.1, 0.15) is 43.0 Å². The summed E-state index contributed by atoms with van der Waals surface area (Å²) in [5, 5.41) is 15.2. The Morgan fingerprint density at radius 1 is 1.04 bits per heavy atom. The maximum Gasteiger partial charge on any atom is 0.315 e. The molecule has 0 radical (unpaired) electrons. The number of carbonyl (C=O) groups excluding carboxylic acids is 2. The first-order chi connectivity index (χ1) is 13.2. The Bertz CT molecular complexity index is 833. The van der Waals surface area contributed by atoms with Gasteiger partial charge >= 0.3 is 5.97 Å². The third kappa shape index (κ3) is 5.42. The van der Waals surface area contributed by atoms with E-state index < -0.39 is 17.4 Å². The number of carboxylic acids is 1. The second-order valence-corrected chi connectivity index (χ2v) is 7.15. The Hall–Kier alpha value is -3.15. The molecule has 0 bridgehead atoms. The molecule has 6 nitrogen and oxygen atoms in total. The van der Waals surface area contributed by atoms with Gasteiger partial charge in [-0.05, 0) is 25.0 Å². The minimum absolute atomic E-state index is 0.0210. The summed E-state index contributed by atoms with van der Waals surface area (Å²) in [6, 6.07) is 15.9. The van der Waals surface area contributed by atoms with Crippen LogP contribution in [0.2, 0.25) is 0 Å². The van der Waals surface area contributed by atoms with Crippen LogP contribution in [0.4, 0.5) is 0 Å². The summed E-state index contributed by atoms with van der Waals surface area (Å²) in [7, 11) is 0. The van der Waals surface area contributed by atoms with Crippen molar-refractivity contribution in [2.75, 3.05) is 6.54 Å². The summed E-state index contributed by atoms with van der Waals surface area (Å²) in [6.45, 7) is 4.89. The Morgan fingerprint density at radius 3 is 2.18 bits per heavy atom. The summed E-state index contributed by atoms with van der Waals surface area (Å²) >= 11 is 0. The molecule has 0 fully saturated rings. The van der Waals surface area contributed by atoms with Crippen molar-refractivity contribution in [2.24, 2.45) is 0 Å². The lowest BCUT2D eigenvalue weighted by Gasteiger charge is -2.26. The quantitative estimate of drug-likeness (QED) is 0.654. The fraction of sp³-hybridized carbons (Fsp3) is 0.318. The second-order valence-electron chi connectivity index (χ2n) is 7.15. The van der Waals surface area contributed by atoms with Crippen molar-refractivity contribution in [3.05, 3.63) is 71.3 Å². The number of carboxylic acid groups (broad SMARTS) is 1.